The van der Waals surface area contributed by atoms with Gasteiger partial charge in [0.15, 0.2) is 0 Å². The van der Waals surface area contributed by atoms with Gasteiger partial charge in [-0.3, -0.25) is 9.59 Å². The molecule has 0 radical (unpaired) electrons. The van der Waals surface area contributed by atoms with Crippen molar-refractivity contribution in [1.82, 2.24) is 4.57 Å². The molecule has 0 fully saturated rings. The summed E-state index contributed by atoms with van der Waals surface area (Å²) in [5.41, 5.74) is 4.30. The Morgan fingerprint density at radius 2 is 1.76 bits per heavy atom. The van der Waals surface area contributed by atoms with Crippen molar-refractivity contribution in [3.8, 4) is 0 Å². The first-order valence-corrected chi connectivity index (χ1v) is 6.87. The Kier molecular flexibility index (Phi) is 3.98. The summed E-state index contributed by atoms with van der Waals surface area (Å²) in [5.74, 6) is -0.359. The van der Waals surface area contributed by atoms with Crippen molar-refractivity contribution in [3.05, 3.63) is 62.6 Å². The normalized spacial score (nSPS) is 10.5. The molecule has 110 valence electrons. The molecule has 0 saturated carbocycles. The number of amides is 1. The van der Waals surface area contributed by atoms with Crippen LogP contribution in [0.1, 0.15) is 32.7 Å². The highest BCUT2D eigenvalue weighted by Crippen LogP contribution is 2.19. The number of nitrogens with one attached hydrogen (secondary N) is 1. The average molecular weight is 284 g/mol. The Morgan fingerprint density at radius 3 is 2.43 bits per heavy atom. The number of carbonyl (C=O) groups is 1. The molecule has 1 N–H and O–H groups in total. The molecule has 2 aromatic rings. The molecule has 2 rings (SSSR count). The molecule has 1 aromatic carbocycles. The summed E-state index contributed by atoms with van der Waals surface area (Å²) in [6, 6.07) is 7.56. The molecule has 0 aliphatic rings. The minimum absolute atomic E-state index is 0.198. The van der Waals surface area contributed by atoms with E-state index >= 15 is 0 Å². The molecule has 0 saturated heterocycles. The molecule has 0 bridgehead atoms. The zero-order valence-corrected chi connectivity index (χ0v) is 13.1. The van der Waals surface area contributed by atoms with Gasteiger partial charge in [-0.25, -0.2) is 0 Å². The summed E-state index contributed by atoms with van der Waals surface area (Å²) in [6.07, 6.45) is 0. The molecule has 0 atom stereocenters. The van der Waals surface area contributed by atoms with E-state index in [0.29, 0.717) is 5.56 Å². The smallest absolute Gasteiger partial charge is 0.263 e. The fraction of sp³-hybridized carbons (Fsp3) is 0.294. The fourth-order valence-corrected chi connectivity index (χ4v) is 2.33. The van der Waals surface area contributed by atoms with Gasteiger partial charge in [-0.05, 0) is 56.5 Å². The van der Waals surface area contributed by atoms with Crippen LogP contribution in [0.2, 0.25) is 0 Å². The zero-order chi connectivity index (χ0) is 15.7. The van der Waals surface area contributed by atoms with Crippen LogP contribution < -0.4 is 10.9 Å². The monoisotopic (exact) mass is 284 g/mol. The van der Waals surface area contributed by atoms with E-state index in [0.717, 1.165) is 22.5 Å². The van der Waals surface area contributed by atoms with Crippen LogP contribution in [0, 0.1) is 27.7 Å². The Morgan fingerprint density at radius 1 is 1.10 bits per heavy atom. The van der Waals surface area contributed by atoms with E-state index in [-0.39, 0.29) is 17.0 Å². The van der Waals surface area contributed by atoms with Crippen LogP contribution in [0.25, 0.3) is 0 Å². The summed E-state index contributed by atoms with van der Waals surface area (Å²) in [5, 5.41) is 2.84. The van der Waals surface area contributed by atoms with Crippen molar-refractivity contribution < 1.29 is 4.79 Å². The predicted octanol–water partition coefficient (Wildman–Crippen LogP) is 2.87. The molecule has 21 heavy (non-hydrogen) atoms. The quantitative estimate of drug-likeness (QED) is 0.922. The molecule has 0 aliphatic carbocycles. The lowest BCUT2D eigenvalue weighted by Crippen LogP contribution is -2.30. The maximum atomic E-state index is 12.5. The van der Waals surface area contributed by atoms with E-state index < -0.39 is 0 Å². The van der Waals surface area contributed by atoms with Gasteiger partial charge in [-0.2, -0.15) is 0 Å². The molecule has 1 amide bonds. The molecular weight excluding hydrogens is 264 g/mol. The highest BCUT2D eigenvalue weighted by molar-refractivity contribution is 6.05. The topological polar surface area (TPSA) is 51.1 Å². The van der Waals surface area contributed by atoms with Crippen LogP contribution >= 0.6 is 0 Å². The minimum atomic E-state index is -0.359. The molecular formula is C17H20N2O2. The highest BCUT2D eigenvalue weighted by atomic mass is 16.2. The number of rotatable bonds is 2. The highest BCUT2D eigenvalue weighted by Gasteiger charge is 2.17. The van der Waals surface area contributed by atoms with Crippen molar-refractivity contribution in [3.63, 3.8) is 0 Å². The largest absolute Gasteiger partial charge is 0.322 e. The third kappa shape index (κ3) is 2.75. The summed E-state index contributed by atoms with van der Waals surface area (Å²) >= 11 is 0. The lowest BCUT2D eigenvalue weighted by molar-refractivity contribution is 0.102. The van der Waals surface area contributed by atoms with Crippen molar-refractivity contribution in [1.29, 1.82) is 0 Å². The van der Waals surface area contributed by atoms with E-state index in [1.807, 2.05) is 45.0 Å². The van der Waals surface area contributed by atoms with Gasteiger partial charge in [0.05, 0.1) is 0 Å². The Hall–Kier alpha value is -2.36. The molecule has 4 heteroatoms. The van der Waals surface area contributed by atoms with Crippen molar-refractivity contribution in [2.75, 3.05) is 5.32 Å². The number of hydrogen-bond acceptors (Lipinski definition) is 2. The Bertz CT molecular complexity index is 773. The number of nitrogens with zero attached hydrogens (tertiary/aromatic N) is 1. The number of pyridine rings is 1. The van der Waals surface area contributed by atoms with Gasteiger partial charge in [0.25, 0.3) is 11.5 Å². The van der Waals surface area contributed by atoms with Crippen LogP contribution in [-0.2, 0) is 7.05 Å². The maximum absolute atomic E-state index is 12.5. The number of anilines is 1. The van der Waals surface area contributed by atoms with Crippen LogP contribution in [0.15, 0.2) is 29.1 Å². The first kappa shape index (κ1) is 15.0. The van der Waals surface area contributed by atoms with Crippen LogP contribution in [0.4, 0.5) is 5.69 Å². The van der Waals surface area contributed by atoms with Gasteiger partial charge < -0.3 is 9.88 Å². The summed E-state index contributed by atoms with van der Waals surface area (Å²) in [6.45, 7) is 7.57. The minimum Gasteiger partial charge on any atom is -0.322 e. The standard InChI is InChI=1S/C17H20N2O2/c1-10-7-6-8-14(13(10)4)18-16(20)15-11(2)9-12(3)19(5)17(15)21/h6-9H,1-5H3,(H,18,20). The number of aryl methyl sites for hydroxylation is 3. The molecule has 0 aliphatic heterocycles. The summed E-state index contributed by atoms with van der Waals surface area (Å²) in [4.78, 5) is 24.8. The number of benzene rings is 1. The first-order chi connectivity index (χ1) is 9.82. The molecule has 0 unspecified atom stereocenters. The van der Waals surface area contributed by atoms with Crippen LogP contribution in [0.3, 0.4) is 0 Å². The van der Waals surface area contributed by atoms with E-state index in [2.05, 4.69) is 5.32 Å². The van der Waals surface area contributed by atoms with Crippen molar-refractivity contribution in [2.24, 2.45) is 7.05 Å². The second-order valence-electron chi connectivity index (χ2n) is 5.41. The van der Waals surface area contributed by atoms with Gasteiger partial charge >= 0.3 is 0 Å². The lowest BCUT2D eigenvalue weighted by atomic mass is 10.1. The molecule has 1 heterocycles. The van der Waals surface area contributed by atoms with Gasteiger partial charge in [0, 0.05) is 18.4 Å². The van der Waals surface area contributed by atoms with E-state index in [9.17, 15) is 9.59 Å². The van der Waals surface area contributed by atoms with Gasteiger partial charge in [-0.15, -0.1) is 0 Å². The van der Waals surface area contributed by atoms with E-state index in [1.165, 1.54) is 4.57 Å². The summed E-state index contributed by atoms with van der Waals surface area (Å²) in [7, 11) is 1.67. The number of hydrogen-bond donors (Lipinski definition) is 1. The van der Waals surface area contributed by atoms with Crippen molar-refractivity contribution >= 4 is 11.6 Å². The second-order valence-corrected chi connectivity index (χ2v) is 5.41. The molecule has 4 nitrogen and oxygen atoms in total. The van der Waals surface area contributed by atoms with E-state index in [1.54, 1.807) is 14.0 Å². The lowest BCUT2D eigenvalue weighted by Gasteiger charge is -2.13. The third-order valence-electron chi connectivity index (χ3n) is 3.95. The number of carbonyl (C=O) groups excluding carboxylic acids is 1. The van der Waals surface area contributed by atoms with Gasteiger partial charge in [0.2, 0.25) is 0 Å². The number of aromatic nitrogens is 1. The van der Waals surface area contributed by atoms with Crippen LogP contribution in [-0.4, -0.2) is 10.5 Å². The summed E-state index contributed by atoms with van der Waals surface area (Å²) < 4.78 is 1.49. The van der Waals surface area contributed by atoms with E-state index in [4.69, 9.17) is 0 Å². The molecule has 1 aromatic heterocycles. The zero-order valence-electron chi connectivity index (χ0n) is 13.1. The van der Waals surface area contributed by atoms with Crippen molar-refractivity contribution in [2.45, 2.75) is 27.7 Å². The molecule has 0 spiro atoms. The SMILES string of the molecule is Cc1cccc(NC(=O)c2c(C)cc(C)n(C)c2=O)c1C. The van der Waals surface area contributed by atoms with Gasteiger partial charge in [-0.1, -0.05) is 12.1 Å². The fourth-order valence-electron chi connectivity index (χ4n) is 2.33. The Balaban J connectivity index is 2.45. The van der Waals surface area contributed by atoms with Crippen LogP contribution in [0.5, 0.6) is 0 Å². The third-order valence-corrected chi connectivity index (χ3v) is 3.95. The maximum Gasteiger partial charge on any atom is 0.263 e. The Labute approximate surface area is 124 Å². The van der Waals surface area contributed by atoms with Gasteiger partial charge in [0.1, 0.15) is 5.56 Å². The predicted molar refractivity (Wildman–Crippen MR) is 85.0 cm³/mol. The second kappa shape index (κ2) is 5.56. The average Bonchev–Trinajstić information content (AvgIpc) is 2.41. The first-order valence-electron chi connectivity index (χ1n) is 6.87.